The summed E-state index contributed by atoms with van der Waals surface area (Å²) < 4.78 is 92.2. The van der Waals surface area contributed by atoms with Gasteiger partial charge in [0.1, 0.15) is 4.90 Å². The Morgan fingerprint density at radius 2 is 1.48 bits per heavy atom. The van der Waals surface area contributed by atoms with Gasteiger partial charge in [-0.3, -0.25) is 14.1 Å². The summed E-state index contributed by atoms with van der Waals surface area (Å²) in [5.41, 5.74) is 2.03. The van der Waals surface area contributed by atoms with Crippen molar-refractivity contribution in [2.75, 3.05) is 17.4 Å². The number of anilines is 1. The standard InChI is InChI=1S/C24H22Cl2N2O9S3/c1-14-10-20(25)21(26)12-19(14)22-13-23(18-7-6-17(39(32,33)34)11-24(18)40(35,36)37)28(27-22)15-2-4-16(5-3-15)38(30,31)9-8-29/h2-7,10-12,23,29H,8-9,13H2,1H3,(H,32,33,34)(H,35,36,37). The number of rotatable bonds is 8. The van der Waals surface area contributed by atoms with Gasteiger partial charge in [-0.1, -0.05) is 29.3 Å². The van der Waals surface area contributed by atoms with Crippen molar-refractivity contribution in [3.8, 4) is 0 Å². The molecule has 1 aliphatic heterocycles. The molecule has 1 unspecified atom stereocenters. The zero-order chi connectivity index (χ0) is 29.6. The maximum atomic E-state index is 12.4. The Morgan fingerprint density at radius 3 is 2.05 bits per heavy atom. The third-order valence-electron chi connectivity index (χ3n) is 6.23. The Bertz CT molecular complexity index is 1840. The van der Waals surface area contributed by atoms with Crippen LogP contribution in [0.1, 0.15) is 29.2 Å². The number of nitrogens with zero attached hydrogens (tertiary/aromatic N) is 2. The molecular weight excluding hydrogens is 627 g/mol. The van der Waals surface area contributed by atoms with Crippen molar-refractivity contribution in [1.82, 2.24) is 0 Å². The zero-order valence-electron chi connectivity index (χ0n) is 20.6. The van der Waals surface area contributed by atoms with Gasteiger partial charge in [0.2, 0.25) is 0 Å². The predicted molar refractivity (Wildman–Crippen MR) is 149 cm³/mol. The summed E-state index contributed by atoms with van der Waals surface area (Å²) in [5, 5.41) is 15.7. The van der Waals surface area contributed by atoms with Crippen LogP contribution >= 0.6 is 23.2 Å². The topological polar surface area (TPSA) is 179 Å². The average molecular weight is 650 g/mol. The second kappa shape index (κ2) is 11.0. The smallest absolute Gasteiger partial charge is 0.294 e. The van der Waals surface area contributed by atoms with E-state index in [-0.39, 0.29) is 21.9 Å². The summed E-state index contributed by atoms with van der Waals surface area (Å²) in [6.07, 6.45) is 0.0527. The Labute approximate surface area is 241 Å². The van der Waals surface area contributed by atoms with E-state index in [4.69, 9.17) is 28.3 Å². The van der Waals surface area contributed by atoms with Crippen molar-refractivity contribution >= 4 is 64.7 Å². The quantitative estimate of drug-likeness (QED) is 0.303. The second-order valence-electron chi connectivity index (χ2n) is 8.88. The van der Waals surface area contributed by atoms with Gasteiger partial charge in [-0.05, 0) is 66.6 Å². The van der Waals surface area contributed by atoms with Crippen molar-refractivity contribution in [3.05, 3.63) is 81.3 Å². The van der Waals surface area contributed by atoms with E-state index >= 15 is 0 Å². The van der Waals surface area contributed by atoms with Crippen molar-refractivity contribution < 1.29 is 39.5 Å². The molecule has 1 aliphatic rings. The first kappa shape index (κ1) is 30.4. The van der Waals surface area contributed by atoms with Gasteiger partial charge in [0.25, 0.3) is 20.2 Å². The Morgan fingerprint density at radius 1 is 0.875 bits per heavy atom. The largest absolute Gasteiger partial charge is 0.395 e. The summed E-state index contributed by atoms with van der Waals surface area (Å²) in [5.74, 6) is -0.477. The lowest BCUT2D eigenvalue weighted by molar-refractivity contribution is 0.319. The fourth-order valence-electron chi connectivity index (χ4n) is 4.33. The van der Waals surface area contributed by atoms with Crippen LogP contribution in [0.25, 0.3) is 0 Å². The van der Waals surface area contributed by atoms with E-state index < -0.39 is 58.3 Å². The van der Waals surface area contributed by atoms with Crippen LogP contribution in [-0.2, 0) is 30.1 Å². The molecule has 40 heavy (non-hydrogen) atoms. The van der Waals surface area contributed by atoms with Crippen molar-refractivity contribution in [3.63, 3.8) is 0 Å². The van der Waals surface area contributed by atoms with Gasteiger partial charge in [0.15, 0.2) is 9.84 Å². The number of sulfone groups is 1. The van der Waals surface area contributed by atoms with Gasteiger partial charge in [-0.2, -0.15) is 21.9 Å². The van der Waals surface area contributed by atoms with Gasteiger partial charge >= 0.3 is 0 Å². The Balaban J connectivity index is 1.90. The minimum Gasteiger partial charge on any atom is -0.395 e. The van der Waals surface area contributed by atoms with E-state index in [0.29, 0.717) is 33.6 Å². The number of aliphatic hydroxyl groups excluding tert-OH is 1. The van der Waals surface area contributed by atoms with E-state index in [1.54, 1.807) is 19.1 Å². The molecule has 0 fully saturated rings. The van der Waals surface area contributed by atoms with Crippen LogP contribution < -0.4 is 5.01 Å². The summed E-state index contributed by atoms with van der Waals surface area (Å²) in [4.78, 5) is -1.56. The predicted octanol–water partition coefficient (Wildman–Crippen LogP) is 3.92. The van der Waals surface area contributed by atoms with E-state index in [1.807, 2.05) is 0 Å². The highest BCUT2D eigenvalue weighted by atomic mass is 35.5. The highest BCUT2D eigenvalue weighted by molar-refractivity contribution is 7.91. The van der Waals surface area contributed by atoms with Crippen LogP contribution in [0.3, 0.4) is 0 Å². The van der Waals surface area contributed by atoms with Crippen LogP contribution in [0.4, 0.5) is 5.69 Å². The number of aryl methyl sites for hydroxylation is 1. The third-order valence-corrected chi connectivity index (χ3v) is 10.4. The molecule has 0 saturated heterocycles. The second-order valence-corrected chi connectivity index (χ2v) is 14.6. The minimum absolute atomic E-state index is 0.0386. The lowest BCUT2D eigenvalue weighted by Gasteiger charge is -2.25. The number of hydrogen-bond donors (Lipinski definition) is 3. The van der Waals surface area contributed by atoms with Gasteiger partial charge in [0, 0.05) is 12.0 Å². The van der Waals surface area contributed by atoms with Crippen LogP contribution in [0.2, 0.25) is 10.0 Å². The number of aliphatic hydroxyl groups is 1. The molecule has 0 saturated carbocycles. The van der Waals surface area contributed by atoms with Crippen LogP contribution in [0, 0.1) is 6.92 Å². The molecule has 3 aromatic carbocycles. The van der Waals surface area contributed by atoms with E-state index in [9.17, 15) is 34.4 Å². The molecule has 214 valence electrons. The summed E-state index contributed by atoms with van der Waals surface area (Å²) >= 11 is 12.4. The molecule has 1 atom stereocenters. The summed E-state index contributed by atoms with van der Waals surface area (Å²) in [7, 11) is -13.5. The molecule has 16 heteroatoms. The lowest BCUT2D eigenvalue weighted by Crippen LogP contribution is -2.21. The molecule has 0 spiro atoms. The molecule has 1 heterocycles. The zero-order valence-corrected chi connectivity index (χ0v) is 24.5. The van der Waals surface area contributed by atoms with Gasteiger partial charge in [0.05, 0.1) is 49.6 Å². The fourth-order valence-corrected chi connectivity index (χ4v) is 7.10. The third kappa shape index (κ3) is 6.19. The molecule has 3 N–H and O–H groups in total. The molecule has 0 radical (unpaired) electrons. The first-order valence-corrected chi connectivity index (χ1v) is 16.7. The summed E-state index contributed by atoms with van der Waals surface area (Å²) in [6, 6.07) is 10.5. The molecule has 0 aliphatic carbocycles. The Hall–Kier alpha value is -2.56. The highest BCUT2D eigenvalue weighted by Gasteiger charge is 2.35. The molecule has 0 bridgehead atoms. The van der Waals surface area contributed by atoms with Crippen LogP contribution in [0.5, 0.6) is 0 Å². The minimum atomic E-state index is -4.99. The fraction of sp³-hybridized carbons (Fsp3) is 0.208. The van der Waals surface area contributed by atoms with E-state index in [0.717, 1.165) is 12.1 Å². The molecule has 0 aromatic heterocycles. The normalized spacial score (nSPS) is 16.3. The molecular formula is C24H22Cl2N2O9S3. The first-order chi connectivity index (χ1) is 18.5. The molecule has 3 aromatic rings. The van der Waals surface area contributed by atoms with E-state index in [1.165, 1.54) is 29.3 Å². The Kier molecular flexibility index (Phi) is 8.38. The SMILES string of the molecule is Cc1cc(Cl)c(Cl)cc1C1=NN(c2ccc(S(=O)(=O)CCO)cc2)C(c2ccc(S(=O)(=O)O)cc2S(=O)(=O)O)C1. The number of hydrazone groups is 1. The van der Waals surface area contributed by atoms with Crippen molar-refractivity contribution in [2.24, 2.45) is 5.10 Å². The number of hydrogen-bond acceptors (Lipinski definition) is 9. The first-order valence-electron chi connectivity index (χ1n) is 11.4. The maximum Gasteiger partial charge on any atom is 0.294 e. The molecule has 0 amide bonds. The van der Waals surface area contributed by atoms with Gasteiger partial charge in [-0.25, -0.2) is 8.42 Å². The molecule has 11 nitrogen and oxygen atoms in total. The van der Waals surface area contributed by atoms with Crippen LogP contribution in [-0.4, -0.2) is 57.5 Å². The van der Waals surface area contributed by atoms with Crippen molar-refractivity contribution in [1.29, 1.82) is 0 Å². The monoisotopic (exact) mass is 648 g/mol. The van der Waals surface area contributed by atoms with Gasteiger partial charge in [-0.15, -0.1) is 0 Å². The van der Waals surface area contributed by atoms with Crippen LogP contribution in [0.15, 0.2) is 74.4 Å². The average Bonchev–Trinajstić information content (AvgIpc) is 3.30. The molecule has 4 rings (SSSR count). The number of halogens is 2. The number of benzene rings is 3. The maximum absolute atomic E-state index is 12.4. The van der Waals surface area contributed by atoms with E-state index in [2.05, 4.69) is 5.10 Å². The summed E-state index contributed by atoms with van der Waals surface area (Å²) in [6.45, 7) is 1.20. The van der Waals surface area contributed by atoms with Crippen molar-refractivity contribution in [2.45, 2.75) is 34.1 Å². The highest BCUT2D eigenvalue weighted by Crippen LogP contribution is 2.41. The van der Waals surface area contributed by atoms with Gasteiger partial charge < -0.3 is 5.11 Å². The lowest BCUT2D eigenvalue weighted by atomic mass is 9.96.